The molecule has 0 radical (unpaired) electrons. The molecule has 138 valence electrons. The summed E-state index contributed by atoms with van der Waals surface area (Å²) in [5.41, 5.74) is 0.709. The third kappa shape index (κ3) is 5.23. The van der Waals surface area contributed by atoms with Crippen molar-refractivity contribution in [3.63, 3.8) is 0 Å². The maximum atomic E-state index is 12.4. The Morgan fingerprint density at radius 1 is 1.29 bits per heavy atom. The molecule has 0 saturated carbocycles. The van der Waals surface area contributed by atoms with Gasteiger partial charge >= 0.3 is 0 Å². The monoisotopic (exact) mass is 377 g/mol. The summed E-state index contributed by atoms with van der Waals surface area (Å²) in [6.07, 6.45) is 0. The zero-order chi connectivity index (χ0) is 18.6. The van der Waals surface area contributed by atoms with Gasteiger partial charge in [0.05, 0.1) is 12.3 Å². The van der Waals surface area contributed by atoms with Gasteiger partial charge in [0.2, 0.25) is 15.9 Å². The molecule has 7 nitrogen and oxygen atoms in total. The summed E-state index contributed by atoms with van der Waals surface area (Å²) in [5.74, 6) is -0.624. The van der Waals surface area contributed by atoms with E-state index in [4.69, 9.17) is 4.74 Å². The number of aromatic nitrogens is 1. The zero-order valence-electron chi connectivity index (χ0n) is 15.1. The highest BCUT2D eigenvalue weighted by atomic mass is 32.2. The first kappa shape index (κ1) is 21.0. The normalized spacial score (nSPS) is 13.1. The molecule has 0 aliphatic carbocycles. The van der Waals surface area contributed by atoms with E-state index in [0.29, 0.717) is 11.7 Å². The van der Waals surface area contributed by atoms with Crippen LogP contribution < -0.4 is 10.0 Å². The number of carbonyl (C=O) groups is 1. The van der Waals surface area contributed by atoms with Crippen molar-refractivity contribution >= 4 is 32.4 Å². The quantitative estimate of drug-likeness (QED) is 0.676. The molecule has 1 aromatic rings. The van der Waals surface area contributed by atoms with Gasteiger partial charge in [-0.3, -0.25) is 4.79 Å². The van der Waals surface area contributed by atoms with Crippen LogP contribution in [-0.4, -0.2) is 43.8 Å². The molecule has 0 spiro atoms. The number of rotatable bonds is 8. The van der Waals surface area contributed by atoms with Crippen molar-refractivity contribution < 1.29 is 17.9 Å². The van der Waals surface area contributed by atoms with Gasteiger partial charge in [0.25, 0.3) is 0 Å². The van der Waals surface area contributed by atoms with Gasteiger partial charge in [0, 0.05) is 23.9 Å². The molecule has 0 aliphatic heterocycles. The highest BCUT2D eigenvalue weighted by Gasteiger charge is 2.42. The Labute approximate surface area is 148 Å². The number of nitrogens with zero attached hydrogens (tertiary/aromatic N) is 1. The Morgan fingerprint density at radius 2 is 1.92 bits per heavy atom. The number of nitrogens with one attached hydrogen (secondary N) is 2. The molecule has 0 unspecified atom stereocenters. The first-order chi connectivity index (χ1) is 10.9. The largest absolute Gasteiger partial charge is 0.380 e. The van der Waals surface area contributed by atoms with Gasteiger partial charge in [-0.25, -0.2) is 18.1 Å². The average molecular weight is 378 g/mol. The van der Waals surface area contributed by atoms with Gasteiger partial charge in [0.15, 0.2) is 9.88 Å². The fourth-order valence-corrected chi connectivity index (χ4v) is 3.56. The van der Waals surface area contributed by atoms with Crippen molar-refractivity contribution in [1.29, 1.82) is 0 Å². The second-order valence-electron chi connectivity index (χ2n) is 6.85. The minimum Gasteiger partial charge on any atom is -0.380 e. The fourth-order valence-electron chi connectivity index (χ4n) is 1.62. The molecule has 1 amide bonds. The van der Waals surface area contributed by atoms with Crippen LogP contribution in [0.2, 0.25) is 0 Å². The van der Waals surface area contributed by atoms with Crippen LogP contribution in [0, 0.1) is 0 Å². The fraction of sp³-hybridized carbons (Fsp3) is 0.733. The average Bonchev–Trinajstić information content (AvgIpc) is 2.92. The second kappa shape index (κ2) is 7.90. The molecule has 2 N–H and O–H groups in total. The van der Waals surface area contributed by atoms with E-state index < -0.39 is 20.7 Å². The van der Waals surface area contributed by atoms with Crippen LogP contribution in [0.1, 0.15) is 47.2 Å². The van der Waals surface area contributed by atoms with Crippen molar-refractivity contribution in [2.75, 3.05) is 25.1 Å². The van der Waals surface area contributed by atoms with Crippen LogP contribution >= 0.6 is 11.3 Å². The Morgan fingerprint density at radius 3 is 2.42 bits per heavy atom. The van der Waals surface area contributed by atoms with Crippen LogP contribution in [0.3, 0.4) is 0 Å². The third-order valence-corrected chi connectivity index (χ3v) is 6.33. The predicted molar refractivity (Wildman–Crippen MR) is 96.9 cm³/mol. The van der Waals surface area contributed by atoms with E-state index in [1.807, 2.05) is 33.1 Å². The minimum atomic E-state index is -3.85. The molecular weight excluding hydrogens is 350 g/mol. The van der Waals surface area contributed by atoms with Crippen LogP contribution in [0.15, 0.2) is 5.38 Å². The van der Waals surface area contributed by atoms with Gasteiger partial charge in [-0.05, 0) is 20.8 Å². The van der Waals surface area contributed by atoms with Crippen LogP contribution in [0.5, 0.6) is 0 Å². The predicted octanol–water partition coefficient (Wildman–Crippen LogP) is 2.11. The number of hydrogen-bond donors (Lipinski definition) is 2. The van der Waals surface area contributed by atoms with Gasteiger partial charge in [-0.2, -0.15) is 0 Å². The molecule has 0 aliphatic rings. The van der Waals surface area contributed by atoms with E-state index in [0.717, 1.165) is 5.69 Å². The van der Waals surface area contributed by atoms with Crippen molar-refractivity contribution in [3.05, 3.63) is 11.1 Å². The lowest BCUT2D eigenvalue weighted by Gasteiger charge is -2.23. The molecule has 9 heteroatoms. The van der Waals surface area contributed by atoms with Gasteiger partial charge in [0.1, 0.15) is 0 Å². The zero-order valence-corrected chi connectivity index (χ0v) is 16.7. The SMILES string of the molecule is CCOCCNS(=O)(=O)C(C)(C)C(=O)Nc1nc(C(C)(C)C)cs1. The number of sulfonamides is 1. The molecule has 0 aromatic carbocycles. The molecule has 24 heavy (non-hydrogen) atoms. The van der Waals surface area contributed by atoms with Gasteiger partial charge < -0.3 is 10.1 Å². The molecule has 0 atom stereocenters. The van der Waals surface area contributed by atoms with Crippen LogP contribution in [-0.2, 0) is 25.0 Å². The number of anilines is 1. The Kier molecular flexibility index (Phi) is 6.92. The maximum absolute atomic E-state index is 12.4. The summed E-state index contributed by atoms with van der Waals surface area (Å²) in [6, 6.07) is 0. The summed E-state index contributed by atoms with van der Waals surface area (Å²) in [6.45, 7) is 11.5. The maximum Gasteiger partial charge on any atom is 0.248 e. The number of hydrogen-bond acceptors (Lipinski definition) is 6. The lowest BCUT2D eigenvalue weighted by atomic mass is 9.93. The number of thiazole rings is 1. The lowest BCUT2D eigenvalue weighted by molar-refractivity contribution is -0.117. The third-order valence-electron chi connectivity index (χ3n) is 3.45. The van der Waals surface area contributed by atoms with E-state index in [-0.39, 0.29) is 18.6 Å². The van der Waals surface area contributed by atoms with E-state index in [9.17, 15) is 13.2 Å². The summed E-state index contributed by atoms with van der Waals surface area (Å²) in [4.78, 5) is 16.8. The standard InChI is InChI=1S/C15H27N3O4S2/c1-7-22-9-8-16-24(20,21)15(5,6)12(19)18-13-17-11(10-23-13)14(2,3)4/h10,16H,7-9H2,1-6H3,(H,17,18,19). The van der Waals surface area contributed by atoms with Crippen molar-refractivity contribution in [3.8, 4) is 0 Å². The van der Waals surface area contributed by atoms with Crippen molar-refractivity contribution in [1.82, 2.24) is 9.71 Å². The molecule has 1 aromatic heterocycles. The van der Waals surface area contributed by atoms with E-state index in [2.05, 4.69) is 15.0 Å². The van der Waals surface area contributed by atoms with E-state index >= 15 is 0 Å². The summed E-state index contributed by atoms with van der Waals surface area (Å²) >= 11 is 1.28. The minimum absolute atomic E-state index is 0.123. The summed E-state index contributed by atoms with van der Waals surface area (Å²) < 4.78 is 30.6. The van der Waals surface area contributed by atoms with Gasteiger partial charge in [-0.15, -0.1) is 11.3 Å². The summed E-state index contributed by atoms with van der Waals surface area (Å²) in [5, 5.41) is 4.85. The highest BCUT2D eigenvalue weighted by molar-refractivity contribution is 7.91. The lowest BCUT2D eigenvalue weighted by Crippen LogP contribution is -2.50. The Hall–Kier alpha value is -1.03. The smallest absolute Gasteiger partial charge is 0.248 e. The Bertz CT molecular complexity index is 661. The molecule has 0 bridgehead atoms. The number of ether oxygens (including phenoxy) is 1. The Balaban J connectivity index is 2.79. The van der Waals surface area contributed by atoms with Crippen molar-refractivity contribution in [2.45, 2.75) is 51.7 Å². The molecule has 1 rings (SSSR count). The van der Waals surface area contributed by atoms with E-state index in [1.54, 1.807) is 0 Å². The van der Waals surface area contributed by atoms with Crippen molar-refractivity contribution in [2.24, 2.45) is 0 Å². The summed E-state index contributed by atoms with van der Waals surface area (Å²) in [7, 11) is -3.85. The van der Waals surface area contributed by atoms with Crippen LogP contribution in [0.25, 0.3) is 0 Å². The molecular formula is C15H27N3O4S2. The number of carbonyl (C=O) groups excluding carboxylic acids is 1. The molecule has 0 saturated heterocycles. The topological polar surface area (TPSA) is 97.4 Å². The second-order valence-corrected chi connectivity index (χ2v) is 10.0. The van der Waals surface area contributed by atoms with Gasteiger partial charge in [-0.1, -0.05) is 20.8 Å². The first-order valence-electron chi connectivity index (χ1n) is 7.76. The highest BCUT2D eigenvalue weighted by Crippen LogP contribution is 2.27. The molecule has 1 heterocycles. The van der Waals surface area contributed by atoms with Crippen LogP contribution in [0.4, 0.5) is 5.13 Å². The van der Waals surface area contributed by atoms with E-state index in [1.165, 1.54) is 25.2 Å². The number of amides is 1. The first-order valence-corrected chi connectivity index (χ1v) is 10.1. The molecule has 0 fully saturated rings.